The molecule has 0 saturated heterocycles. The summed E-state index contributed by atoms with van der Waals surface area (Å²) < 4.78 is 6.26. The van der Waals surface area contributed by atoms with Gasteiger partial charge in [-0.2, -0.15) is 0 Å². The zero-order chi connectivity index (χ0) is 16.9. The molecule has 0 atom stereocenters. The lowest BCUT2D eigenvalue weighted by Gasteiger charge is -2.09. The molecule has 2 aromatic carbocycles. The van der Waals surface area contributed by atoms with E-state index >= 15 is 0 Å². The van der Waals surface area contributed by atoms with Crippen LogP contribution >= 0.6 is 27.3 Å². The van der Waals surface area contributed by atoms with E-state index in [2.05, 4.69) is 26.2 Å². The first-order chi connectivity index (χ1) is 11.7. The first-order valence-electron chi connectivity index (χ1n) is 7.29. The molecule has 0 saturated carbocycles. The van der Waals surface area contributed by atoms with Crippen molar-refractivity contribution in [2.24, 2.45) is 0 Å². The molecule has 3 aromatic rings. The maximum atomic E-state index is 12.4. The number of methoxy groups -OCH3 is 1. The predicted molar refractivity (Wildman–Crippen MR) is 99.4 cm³/mol. The molecule has 6 heteroatoms. The summed E-state index contributed by atoms with van der Waals surface area (Å²) >= 11 is 4.81. The number of ether oxygens (including phenoxy) is 1. The summed E-state index contributed by atoms with van der Waals surface area (Å²) in [6.07, 6.45) is 1.61. The van der Waals surface area contributed by atoms with Crippen LogP contribution in [0.1, 0.15) is 15.2 Å². The third kappa shape index (κ3) is 3.83. The zero-order valence-electron chi connectivity index (χ0n) is 13.0. The quantitative estimate of drug-likeness (QED) is 0.682. The monoisotopic (exact) mass is 402 g/mol. The van der Waals surface area contributed by atoms with Gasteiger partial charge in [0.1, 0.15) is 15.6 Å². The molecule has 3 rings (SSSR count). The van der Waals surface area contributed by atoms with E-state index in [1.165, 1.54) is 11.3 Å². The van der Waals surface area contributed by atoms with Crippen molar-refractivity contribution in [1.82, 2.24) is 10.3 Å². The average molecular weight is 403 g/mol. The Hall–Kier alpha value is -2.18. The number of amides is 1. The van der Waals surface area contributed by atoms with Gasteiger partial charge < -0.3 is 10.1 Å². The minimum absolute atomic E-state index is 0.142. The molecule has 0 radical (unpaired) electrons. The van der Waals surface area contributed by atoms with Crippen molar-refractivity contribution in [2.75, 3.05) is 7.11 Å². The minimum Gasteiger partial charge on any atom is -0.496 e. The fraction of sp³-hybridized carbons (Fsp3) is 0.111. The van der Waals surface area contributed by atoms with Crippen molar-refractivity contribution in [1.29, 1.82) is 0 Å². The third-order valence-corrected chi connectivity index (χ3v) is 4.97. The van der Waals surface area contributed by atoms with Gasteiger partial charge in [0.15, 0.2) is 0 Å². The molecule has 0 bridgehead atoms. The van der Waals surface area contributed by atoms with Crippen LogP contribution in [0.5, 0.6) is 5.75 Å². The number of aromatic nitrogens is 1. The van der Waals surface area contributed by atoms with Gasteiger partial charge in [-0.15, -0.1) is 11.3 Å². The number of carbonyl (C=O) groups is 1. The summed E-state index contributed by atoms with van der Waals surface area (Å²) in [4.78, 5) is 17.3. The summed E-state index contributed by atoms with van der Waals surface area (Å²) in [7, 11) is 1.61. The average Bonchev–Trinajstić information content (AvgIpc) is 3.11. The molecule has 0 spiro atoms. The van der Waals surface area contributed by atoms with Crippen LogP contribution in [0.25, 0.3) is 10.6 Å². The van der Waals surface area contributed by atoms with E-state index in [1.807, 2.05) is 48.5 Å². The molecule has 4 nitrogen and oxygen atoms in total. The first-order valence-corrected chi connectivity index (χ1v) is 8.90. The highest BCUT2D eigenvalue weighted by molar-refractivity contribution is 9.10. The highest BCUT2D eigenvalue weighted by atomic mass is 79.9. The standard InChI is InChI=1S/C18H15BrN2O2S/c1-23-15-8-7-14(19)9-13(15)10-20-17(22)16-11-21-18(24-16)12-5-3-2-4-6-12/h2-9,11H,10H2,1H3,(H,20,22). The van der Waals surface area contributed by atoms with Crippen molar-refractivity contribution in [3.8, 4) is 16.3 Å². The second-order valence-electron chi connectivity index (χ2n) is 5.03. The van der Waals surface area contributed by atoms with Crippen molar-refractivity contribution >= 4 is 33.2 Å². The third-order valence-electron chi connectivity index (χ3n) is 3.43. The summed E-state index contributed by atoms with van der Waals surface area (Å²) in [5, 5.41) is 3.75. The Morgan fingerprint density at radius 2 is 2.04 bits per heavy atom. The van der Waals surface area contributed by atoms with E-state index in [-0.39, 0.29) is 5.91 Å². The molecule has 122 valence electrons. The first kappa shape index (κ1) is 16.7. The van der Waals surface area contributed by atoms with E-state index in [9.17, 15) is 4.79 Å². The van der Waals surface area contributed by atoms with Crippen LogP contribution in [-0.4, -0.2) is 18.0 Å². The van der Waals surface area contributed by atoms with E-state index in [0.29, 0.717) is 11.4 Å². The van der Waals surface area contributed by atoms with Gasteiger partial charge in [0.05, 0.1) is 13.3 Å². The summed E-state index contributed by atoms with van der Waals surface area (Å²) in [5.41, 5.74) is 1.92. The Morgan fingerprint density at radius 1 is 1.25 bits per heavy atom. The number of benzene rings is 2. The van der Waals surface area contributed by atoms with E-state index < -0.39 is 0 Å². The van der Waals surface area contributed by atoms with Crippen LogP contribution in [0, 0.1) is 0 Å². The molecule has 0 aliphatic heterocycles. The van der Waals surface area contributed by atoms with Crippen LogP contribution in [0.3, 0.4) is 0 Å². The highest BCUT2D eigenvalue weighted by Gasteiger charge is 2.12. The molecule has 0 fully saturated rings. The van der Waals surface area contributed by atoms with Crippen LogP contribution < -0.4 is 10.1 Å². The van der Waals surface area contributed by atoms with Gasteiger partial charge in [-0.1, -0.05) is 46.3 Å². The highest BCUT2D eigenvalue weighted by Crippen LogP contribution is 2.25. The molecule has 0 aliphatic rings. The Bertz CT molecular complexity index is 849. The molecule has 0 aliphatic carbocycles. The molecule has 1 heterocycles. The van der Waals surface area contributed by atoms with E-state index in [4.69, 9.17) is 4.74 Å². The number of nitrogens with one attached hydrogen (secondary N) is 1. The van der Waals surface area contributed by atoms with Crippen molar-refractivity contribution in [2.45, 2.75) is 6.54 Å². The predicted octanol–water partition coefficient (Wildman–Crippen LogP) is 4.51. The maximum Gasteiger partial charge on any atom is 0.263 e. The van der Waals surface area contributed by atoms with Crippen LogP contribution in [0.15, 0.2) is 59.2 Å². The van der Waals surface area contributed by atoms with Crippen molar-refractivity contribution in [3.05, 3.63) is 69.6 Å². The van der Waals surface area contributed by atoms with Gasteiger partial charge in [-0.05, 0) is 18.2 Å². The van der Waals surface area contributed by atoms with Crippen LogP contribution in [-0.2, 0) is 6.54 Å². The zero-order valence-corrected chi connectivity index (χ0v) is 15.4. The number of hydrogen-bond donors (Lipinski definition) is 1. The lowest BCUT2D eigenvalue weighted by molar-refractivity contribution is 0.0954. The molecule has 1 amide bonds. The van der Waals surface area contributed by atoms with E-state index in [1.54, 1.807) is 13.3 Å². The fourth-order valence-corrected chi connectivity index (χ4v) is 3.49. The fourth-order valence-electron chi connectivity index (χ4n) is 2.24. The lowest BCUT2D eigenvalue weighted by atomic mass is 10.2. The summed E-state index contributed by atoms with van der Waals surface area (Å²) in [6, 6.07) is 15.5. The van der Waals surface area contributed by atoms with Gasteiger partial charge in [0.2, 0.25) is 0 Å². The van der Waals surface area contributed by atoms with Crippen LogP contribution in [0.4, 0.5) is 0 Å². The number of rotatable bonds is 5. The molecule has 0 unspecified atom stereocenters. The molecular weight excluding hydrogens is 388 g/mol. The topological polar surface area (TPSA) is 51.2 Å². The Labute approximate surface area is 152 Å². The van der Waals surface area contributed by atoms with Gasteiger partial charge in [0, 0.05) is 22.1 Å². The van der Waals surface area contributed by atoms with Crippen molar-refractivity contribution in [3.63, 3.8) is 0 Å². The molecule has 1 aromatic heterocycles. The SMILES string of the molecule is COc1ccc(Br)cc1CNC(=O)c1cnc(-c2ccccc2)s1. The number of thiazole rings is 1. The van der Waals surface area contributed by atoms with Gasteiger partial charge in [0.25, 0.3) is 5.91 Å². The van der Waals surface area contributed by atoms with Crippen molar-refractivity contribution < 1.29 is 9.53 Å². The number of carbonyl (C=O) groups excluding carboxylic acids is 1. The Morgan fingerprint density at radius 3 is 2.79 bits per heavy atom. The van der Waals surface area contributed by atoms with Crippen LogP contribution in [0.2, 0.25) is 0 Å². The largest absolute Gasteiger partial charge is 0.496 e. The number of hydrogen-bond acceptors (Lipinski definition) is 4. The molecule has 1 N–H and O–H groups in total. The maximum absolute atomic E-state index is 12.4. The molecular formula is C18H15BrN2O2S. The number of nitrogens with zero attached hydrogens (tertiary/aromatic N) is 1. The number of halogens is 1. The minimum atomic E-state index is -0.142. The Kier molecular flexibility index (Phi) is 5.27. The van der Waals surface area contributed by atoms with Gasteiger partial charge >= 0.3 is 0 Å². The van der Waals surface area contributed by atoms with E-state index in [0.717, 1.165) is 26.4 Å². The second-order valence-corrected chi connectivity index (χ2v) is 6.98. The Balaban J connectivity index is 1.70. The van der Waals surface area contributed by atoms with Gasteiger partial charge in [-0.3, -0.25) is 4.79 Å². The summed E-state index contributed by atoms with van der Waals surface area (Å²) in [6.45, 7) is 0.389. The van der Waals surface area contributed by atoms with Gasteiger partial charge in [-0.25, -0.2) is 4.98 Å². The molecule has 24 heavy (non-hydrogen) atoms. The second kappa shape index (κ2) is 7.59. The lowest BCUT2D eigenvalue weighted by Crippen LogP contribution is -2.22. The summed E-state index contributed by atoms with van der Waals surface area (Å²) in [5.74, 6) is 0.601. The smallest absolute Gasteiger partial charge is 0.263 e. The normalized spacial score (nSPS) is 10.4.